The van der Waals surface area contributed by atoms with E-state index in [9.17, 15) is 18.0 Å². The van der Waals surface area contributed by atoms with Crippen LogP contribution < -0.4 is 11.1 Å². The van der Waals surface area contributed by atoms with Gasteiger partial charge < -0.3 is 4.74 Å². The maximum Gasteiger partial charge on any atom is 0.279 e. The summed E-state index contributed by atoms with van der Waals surface area (Å²) in [5.74, 6) is 0. The molecule has 10 heteroatoms. The second kappa shape index (κ2) is 7.66. The number of H-pyrrole nitrogens is 1. The molecule has 1 saturated heterocycles. The summed E-state index contributed by atoms with van der Waals surface area (Å²) >= 11 is 0. The van der Waals surface area contributed by atoms with Crippen LogP contribution in [0.25, 0.3) is 27.4 Å². The highest BCUT2D eigenvalue weighted by Crippen LogP contribution is 2.26. The summed E-state index contributed by atoms with van der Waals surface area (Å²) in [5.41, 5.74) is 0.425. The van der Waals surface area contributed by atoms with Gasteiger partial charge in [0.15, 0.2) is 0 Å². The Kier molecular flexibility index (Phi) is 4.92. The van der Waals surface area contributed by atoms with Crippen molar-refractivity contribution in [2.24, 2.45) is 0 Å². The first kappa shape index (κ1) is 20.6. The highest BCUT2D eigenvalue weighted by atomic mass is 32.2. The molecule has 1 aliphatic rings. The molecule has 0 unspecified atom stereocenters. The minimum absolute atomic E-state index is 0.0468. The van der Waals surface area contributed by atoms with Crippen molar-refractivity contribution >= 4 is 31.7 Å². The van der Waals surface area contributed by atoms with E-state index in [1.54, 1.807) is 37.3 Å². The Labute approximate surface area is 182 Å². The molecule has 0 bridgehead atoms. The Bertz CT molecular complexity index is 1570. The number of aryl methyl sites for hydroxylation is 1. The van der Waals surface area contributed by atoms with Crippen LogP contribution in [0.4, 0.5) is 0 Å². The Balaban J connectivity index is 1.79. The number of pyridine rings is 1. The molecular weight excluding hydrogens is 432 g/mol. The molecule has 5 rings (SSSR count). The molecule has 0 spiro atoms. The fourth-order valence-corrected chi connectivity index (χ4v) is 5.47. The zero-order chi connectivity index (χ0) is 22.5. The number of hydrogen-bond donors (Lipinski definition) is 1. The zero-order valence-corrected chi connectivity index (χ0v) is 18.1. The van der Waals surface area contributed by atoms with Gasteiger partial charge in [-0.2, -0.15) is 4.31 Å². The van der Waals surface area contributed by atoms with Crippen LogP contribution in [0.3, 0.4) is 0 Å². The lowest BCUT2D eigenvalue weighted by Crippen LogP contribution is -2.40. The minimum Gasteiger partial charge on any atom is -0.379 e. The Hall–Kier alpha value is -3.34. The van der Waals surface area contributed by atoms with Crippen LogP contribution in [0, 0.1) is 6.92 Å². The van der Waals surface area contributed by atoms with Crippen LogP contribution in [0.2, 0.25) is 0 Å². The normalized spacial score (nSPS) is 15.4. The van der Waals surface area contributed by atoms with E-state index in [2.05, 4.69) is 10.1 Å². The zero-order valence-electron chi connectivity index (χ0n) is 17.2. The van der Waals surface area contributed by atoms with Gasteiger partial charge in [-0.15, -0.1) is 0 Å². The summed E-state index contributed by atoms with van der Waals surface area (Å²) < 4.78 is 34.0. The summed E-state index contributed by atoms with van der Waals surface area (Å²) in [6.07, 6.45) is 0. The predicted octanol–water partition coefficient (Wildman–Crippen LogP) is 1.56. The largest absolute Gasteiger partial charge is 0.379 e. The molecule has 1 fully saturated rings. The van der Waals surface area contributed by atoms with Crippen LogP contribution in [-0.2, 0) is 14.8 Å². The van der Waals surface area contributed by atoms with Crippen molar-refractivity contribution in [3.05, 3.63) is 74.9 Å². The van der Waals surface area contributed by atoms with E-state index in [0.29, 0.717) is 35.5 Å². The number of ether oxygens (including phenoxy) is 1. The van der Waals surface area contributed by atoms with Crippen molar-refractivity contribution in [1.82, 2.24) is 19.1 Å². The average molecular weight is 452 g/mol. The van der Waals surface area contributed by atoms with Gasteiger partial charge in [-0.1, -0.05) is 18.2 Å². The molecule has 0 atom stereocenters. The van der Waals surface area contributed by atoms with Gasteiger partial charge in [-0.25, -0.2) is 13.1 Å². The Morgan fingerprint density at radius 3 is 2.44 bits per heavy atom. The average Bonchev–Trinajstić information content (AvgIpc) is 2.81. The number of nitrogens with one attached hydrogen (secondary N) is 1. The summed E-state index contributed by atoms with van der Waals surface area (Å²) in [7, 11) is -3.78. The lowest BCUT2D eigenvalue weighted by molar-refractivity contribution is 0.0730. The minimum atomic E-state index is -3.78. The molecule has 2 aromatic heterocycles. The second-order valence-electron chi connectivity index (χ2n) is 7.56. The number of morpholine rings is 1. The highest BCUT2D eigenvalue weighted by molar-refractivity contribution is 7.89. The van der Waals surface area contributed by atoms with E-state index in [1.807, 2.05) is 6.07 Å². The molecule has 0 amide bonds. The first-order valence-corrected chi connectivity index (χ1v) is 11.5. The molecular formula is C22H20N4O5S. The van der Waals surface area contributed by atoms with Crippen LogP contribution in [0.5, 0.6) is 0 Å². The molecule has 1 N–H and O–H groups in total. The van der Waals surface area contributed by atoms with Crippen LogP contribution in [0.1, 0.15) is 5.69 Å². The van der Waals surface area contributed by atoms with Crippen molar-refractivity contribution in [2.45, 2.75) is 11.8 Å². The maximum absolute atomic E-state index is 13.3. The van der Waals surface area contributed by atoms with Crippen molar-refractivity contribution in [3.63, 3.8) is 0 Å². The number of sulfonamides is 1. The number of fused-ring (bicyclic) bond motifs is 3. The number of rotatable bonds is 3. The second-order valence-corrected chi connectivity index (χ2v) is 9.50. The first-order chi connectivity index (χ1) is 15.4. The molecule has 9 nitrogen and oxygen atoms in total. The highest BCUT2D eigenvalue weighted by Gasteiger charge is 2.27. The lowest BCUT2D eigenvalue weighted by atomic mass is 10.1. The third-order valence-corrected chi connectivity index (χ3v) is 7.51. The van der Waals surface area contributed by atoms with Crippen molar-refractivity contribution in [3.8, 4) is 5.69 Å². The van der Waals surface area contributed by atoms with Gasteiger partial charge in [0.1, 0.15) is 0 Å². The van der Waals surface area contributed by atoms with Gasteiger partial charge >= 0.3 is 0 Å². The van der Waals surface area contributed by atoms with Crippen LogP contribution in [-0.4, -0.2) is 53.8 Å². The van der Waals surface area contributed by atoms with Crippen LogP contribution in [0.15, 0.2) is 63.0 Å². The van der Waals surface area contributed by atoms with E-state index in [-0.39, 0.29) is 28.8 Å². The number of hydrogen-bond acceptors (Lipinski definition) is 6. The summed E-state index contributed by atoms with van der Waals surface area (Å²) in [5, 5.41) is 3.23. The molecule has 3 heterocycles. The summed E-state index contributed by atoms with van der Waals surface area (Å²) in [6.45, 7) is 2.84. The van der Waals surface area contributed by atoms with Gasteiger partial charge in [-0.3, -0.25) is 19.7 Å². The van der Waals surface area contributed by atoms with Gasteiger partial charge in [0.05, 0.1) is 45.8 Å². The standard InChI is InChI=1S/C22H20N4O5S/c1-14-19-20(21(27)24-26(22(19)28)15-5-3-2-4-6-15)17-13-16(7-8-18(17)23-14)32(29,30)25-9-11-31-12-10-25/h2-8,13H,9-12H2,1H3,(H,24,27). The van der Waals surface area contributed by atoms with Gasteiger partial charge in [-0.05, 0) is 37.3 Å². The number of aromatic nitrogens is 3. The molecule has 1 aliphatic heterocycles. The SMILES string of the molecule is Cc1nc2ccc(S(=O)(=O)N3CCOCC3)cc2c2c(=O)[nH]n(-c3ccccc3)c(=O)c12. The maximum atomic E-state index is 13.3. The number of para-hydroxylation sites is 1. The third-order valence-electron chi connectivity index (χ3n) is 5.62. The molecule has 2 aromatic carbocycles. The van der Waals surface area contributed by atoms with Gasteiger partial charge in [0, 0.05) is 18.5 Å². The Morgan fingerprint density at radius 2 is 1.72 bits per heavy atom. The van der Waals surface area contributed by atoms with Crippen molar-refractivity contribution in [1.29, 1.82) is 0 Å². The van der Waals surface area contributed by atoms with E-state index in [4.69, 9.17) is 4.74 Å². The molecule has 0 aliphatic carbocycles. The fourth-order valence-electron chi connectivity index (χ4n) is 4.04. The number of aromatic amines is 1. The van der Waals surface area contributed by atoms with Crippen molar-refractivity contribution < 1.29 is 13.2 Å². The topological polar surface area (TPSA) is 114 Å². The van der Waals surface area contributed by atoms with E-state index in [0.717, 1.165) is 0 Å². The fraction of sp³-hybridized carbons (Fsp3) is 0.227. The summed E-state index contributed by atoms with van der Waals surface area (Å²) in [6, 6.07) is 13.2. The molecule has 4 aromatic rings. The van der Waals surface area contributed by atoms with E-state index >= 15 is 0 Å². The quantitative estimate of drug-likeness (QED) is 0.472. The van der Waals surface area contributed by atoms with Crippen LogP contribution >= 0.6 is 0 Å². The van der Waals surface area contributed by atoms with E-state index in [1.165, 1.54) is 21.1 Å². The van der Waals surface area contributed by atoms with E-state index < -0.39 is 21.1 Å². The molecule has 164 valence electrons. The van der Waals surface area contributed by atoms with Gasteiger partial charge in [0.2, 0.25) is 10.0 Å². The lowest BCUT2D eigenvalue weighted by Gasteiger charge is -2.26. The van der Waals surface area contributed by atoms with Gasteiger partial charge in [0.25, 0.3) is 11.1 Å². The summed E-state index contributed by atoms with van der Waals surface area (Å²) in [4.78, 5) is 31.0. The number of benzene rings is 2. The van der Waals surface area contributed by atoms with Crippen molar-refractivity contribution in [2.75, 3.05) is 26.3 Å². The Morgan fingerprint density at radius 1 is 1.00 bits per heavy atom. The monoisotopic (exact) mass is 452 g/mol. The first-order valence-electron chi connectivity index (χ1n) is 10.1. The molecule has 0 saturated carbocycles. The third kappa shape index (κ3) is 3.24. The molecule has 32 heavy (non-hydrogen) atoms. The smallest absolute Gasteiger partial charge is 0.279 e. The number of nitrogens with zero attached hydrogens (tertiary/aromatic N) is 3. The predicted molar refractivity (Wildman–Crippen MR) is 120 cm³/mol. The molecule has 0 radical (unpaired) electrons.